The Morgan fingerprint density at radius 1 is 1.32 bits per heavy atom. The molecule has 0 spiro atoms. The van der Waals surface area contributed by atoms with E-state index in [4.69, 9.17) is 16.3 Å². The van der Waals surface area contributed by atoms with Crippen molar-refractivity contribution >= 4 is 28.8 Å². The average molecular weight is 554 g/mol. The molecule has 38 heavy (non-hydrogen) atoms. The third kappa shape index (κ3) is 6.92. The predicted octanol–water partition coefficient (Wildman–Crippen LogP) is 5.91. The standard InChI is InChI=1S/C28H29ClFN5O2S/c1-4-5-6-18(2)37-22-9-11-35(12-10-22)25(26-19(3)34-17-38-26)16-33-28(36)23-13-20(7-8-24(23)29)27-31-14-21(30)15-32-27/h4-8,13-15,17,22,25H,1-2,9-12,16H2,3H3,(H,33,36)/b6-5-. The molecule has 0 radical (unpaired) electrons. The Morgan fingerprint density at radius 3 is 2.71 bits per heavy atom. The van der Waals surface area contributed by atoms with Gasteiger partial charge in [-0.1, -0.05) is 36.9 Å². The van der Waals surface area contributed by atoms with E-state index in [0.717, 1.165) is 48.9 Å². The van der Waals surface area contributed by atoms with Crippen molar-refractivity contribution in [3.05, 3.63) is 100 Å². The summed E-state index contributed by atoms with van der Waals surface area (Å²) in [6.45, 7) is 11.6. The van der Waals surface area contributed by atoms with Crippen LogP contribution in [0, 0.1) is 12.7 Å². The summed E-state index contributed by atoms with van der Waals surface area (Å²) in [6, 6.07) is 4.89. The highest BCUT2D eigenvalue weighted by Gasteiger charge is 2.29. The minimum Gasteiger partial charge on any atom is -0.491 e. The van der Waals surface area contributed by atoms with E-state index in [2.05, 4.69) is 38.3 Å². The SMILES string of the molecule is C=C/C=C\C(=C)OC1CCN(C(CNC(=O)c2cc(-c3ncc(F)cn3)ccc2Cl)c2scnc2C)CC1. The van der Waals surface area contributed by atoms with Crippen molar-refractivity contribution in [3.63, 3.8) is 0 Å². The molecule has 1 unspecified atom stereocenters. The summed E-state index contributed by atoms with van der Waals surface area (Å²) in [5.41, 5.74) is 3.65. The molecule has 1 aromatic carbocycles. The number of ether oxygens (including phenoxy) is 1. The van der Waals surface area contributed by atoms with E-state index in [-0.39, 0.29) is 18.1 Å². The zero-order chi connectivity index (χ0) is 27.1. The number of amides is 1. The van der Waals surface area contributed by atoms with Crippen LogP contribution < -0.4 is 5.32 Å². The molecule has 198 valence electrons. The number of nitrogens with zero attached hydrogens (tertiary/aromatic N) is 4. The van der Waals surface area contributed by atoms with Gasteiger partial charge in [0.25, 0.3) is 5.91 Å². The molecule has 0 bridgehead atoms. The van der Waals surface area contributed by atoms with Crippen LogP contribution in [0.4, 0.5) is 4.39 Å². The Kier molecular flexibility index (Phi) is 9.38. The van der Waals surface area contributed by atoms with Gasteiger partial charge in [-0.05, 0) is 44.0 Å². The van der Waals surface area contributed by atoms with E-state index in [9.17, 15) is 9.18 Å². The Balaban J connectivity index is 1.45. The van der Waals surface area contributed by atoms with Crippen molar-refractivity contribution in [1.29, 1.82) is 0 Å². The number of allylic oxidation sites excluding steroid dienone is 3. The molecule has 1 fully saturated rings. The maximum atomic E-state index is 13.2. The van der Waals surface area contributed by atoms with Crippen LogP contribution in [0.15, 0.2) is 73.2 Å². The lowest BCUT2D eigenvalue weighted by atomic mass is 10.0. The first-order valence-corrected chi connectivity index (χ1v) is 13.5. The first-order valence-electron chi connectivity index (χ1n) is 12.2. The number of carbonyl (C=O) groups excluding carboxylic acids is 1. The summed E-state index contributed by atoms with van der Waals surface area (Å²) in [6.07, 6.45) is 9.23. The monoisotopic (exact) mass is 553 g/mol. The predicted molar refractivity (Wildman–Crippen MR) is 149 cm³/mol. The summed E-state index contributed by atoms with van der Waals surface area (Å²) < 4.78 is 19.2. The Bertz CT molecular complexity index is 1320. The molecule has 10 heteroatoms. The highest BCUT2D eigenvalue weighted by Crippen LogP contribution is 2.31. The molecule has 2 aromatic heterocycles. The van der Waals surface area contributed by atoms with E-state index >= 15 is 0 Å². The van der Waals surface area contributed by atoms with Gasteiger partial charge in [0.2, 0.25) is 0 Å². The largest absolute Gasteiger partial charge is 0.491 e. The molecule has 3 heterocycles. The Labute approximate surface area is 230 Å². The fourth-order valence-corrected chi connectivity index (χ4v) is 5.48. The third-order valence-electron chi connectivity index (χ3n) is 6.28. The molecule has 1 saturated heterocycles. The fraction of sp³-hybridized carbons (Fsp3) is 0.286. The van der Waals surface area contributed by atoms with E-state index in [1.54, 1.807) is 47.8 Å². The van der Waals surface area contributed by atoms with Gasteiger partial charge < -0.3 is 10.1 Å². The summed E-state index contributed by atoms with van der Waals surface area (Å²) >= 11 is 7.95. The second-order valence-corrected chi connectivity index (χ2v) is 10.2. The molecule has 0 saturated carbocycles. The number of benzene rings is 1. The van der Waals surface area contributed by atoms with E-state index < -0.39 is 5.82 Å². The van der Waals surface area contributed by atoms with E-state index in [1.165, 1.54) is 0 Å². The second kappa shape index (κ2) is 12.9. The number of hydrogen-bond donors (Lipinski definition) is 1. The van der Waals surface area contributed by atoms with Crippen LogP contribution in [-0.4, -0.2) is 51.5 Å². The topological polar surface area (TPSA) is 80.2 Å². The van der Waals surface area contributed by atoms with Gasteiger partial charge in [-0.2, -0.15) is 0 Å². The molecule has 1 aliphatic heterocycles. The highest BCUT2D eigenvalue weighted by molar-refractivity contribution is 7.09. The number of hydrogen-bond acceptors (Lipinski definition) is 7. The highest BCUT2D eigenvalue weighted by atomic mass is 35.5. The number of halogens is 2. The number of likely N-dealkylation sites (tertiary alicyclic amines) is 1. The fourth-order valence-electron chi connectivity index (χ4n) is 4.34. The number of piperidine rings is 1. The van der Waals surface area contributed by atoms with Gasteiger partial charge in [-0.15, -0.1) is 11.3 Å². The van der Waals surface area contributed by atoms with Crippen LogP contribution in [0.25, 0.3) is 11.4 Å². The minimum atomic E-state index is -0.532. The van der Waals surface area contributed by atoms with Crippen molar-refractivity contribution in [2.75, 3.05) is 19.6 Å². The molecule has 0 aliphatic carbocycles. The van der Waals surface area contributed by atoms with Gasteiger partial charge in [-0.25, -0.2) is 19.3 Å². The maximum absolute atomic E-state index is 13.2. The number of thiazole rings is 1. The smallest absolute Gasteiger partial charge is 0.252 e. The number of aromatic nitrogens is 3. The molecule has 4 rings (SSSR count). The Hall–Kier alpha value is -3.40. The molecule has 1 atom stereocenters. The first kappa shape index (κ1) is 27.6. The maximum Gasteiger partial charge on any atom is 0.252 e. The lowest BCUT2D eigenvalue weighted by Gasteiger charge is -2.37. The van der Waals surface area contributed by atoms with E-state index in [0.29, 0.717) is 34.3 Å². The lowest BCUT2D eigenvalue weighted by Crippen LogP contribution is -2.43. The Morgan fingerprint density at radius 2 is 2.05 bits per heavy atom. The van der Waals surface area contributed by atoms with Gasteiger partial charge >= 0.3 is 0 Å². The normalized spacial score (nSPS) is 15.3. The van der Waals surface area contributed by atoms with Crippen LogP contribution in [0.1, 0.15) is 39.8 Å². The van der Waals surface area contributed by atoms with Crippen LogP contribution in [0.3, 0.4) is 0 Å². The summed E-state index contributed by atoms with van der Waals surface area (Å²) in [5, 5.41) is 3.36. The summed E-state index contributed by atoms with van der Waals surface area (Å²) in [7, 11) is 0. The summed E-state index contributed by atoms with van der Waals surface area (Å²) in [4.78, 5) is 29.1. The number of carbonyl (C=O) groups is 1. The van der Waals surface area contributed by atoms with Gasteiger partial charge in [0, 0.05) is 30.1 Å². The van der Waals surface area contributed by atoms with Crippen molar-refractivity contribution in [3.8, 4) is 11.4 Å². The van der Waals surface area contributed by atoms with Crippen molar-refractivity contribution in [2.45, 2.75) is 31.9 Å². The molecule has 1 N–H and O–H groups in total. The van der Waals surface area contributed by atoms with Crippen LogP contribution >= 0.6 is 22.9 Å². The van der Waals surface area contributed by atoms with Crippen LogP contribution in [-0.2, 0) is 4.74 Å². The quantitative estimate of drug-likeness (QED) is 0.248. The molecule has 1 amide bonds. The molecular weight excluding hydrogens is 525 g/mol. The zero-order valence-electron chi connectivity index (χ0n) is 21.1. The van der Waals surface area contributed by atoms with Crippen molar-refractivity contribution in [2.24, 2.45) is 0 Å². The van der Waals surface area contributed by atoms with Gasteiger partial charge in [-0.3, -0.25) is 9.69 Å². The van der Waals surface area contributed by atoms with E-state index in [1.807, 2.05) is 12.4 Å². The first-order chi connectivity index (χ1) is 18.4. The number of aryl methyl sites for hydroxylation is 1. The van der Waals surface area contributed by atoms with Crippen molar-refractivity contribution in [1.82, 2.24) is 25.2 Å². The lowest BCUT2D eigenvalue weighted by molar-refractivity contribution is 0.0397. The van der Waals surface area contributed by atoms with Gasteiger partial charge in [0.1, 0.15) is 11.9 Å². The molecule has 7 nitrogen and oxygen atoms in total. The number of rotatable bonds is 10. The zero-order valence-corrected chi connectivity index (χ0v) is 22.6. The molecular formula is C28H29ClFN5O2S. The second-order valence-electron chi connectivity index (χ2n) is 8.86. The molecule has 3 aromatic rings. The van der Waals surface area contributed by atoms with Gasteiger partial charge in [0.15, 0.2) is 11.6 Å². The third-order valence-corrected chi connectivity index (χ3v) is 7.65. The molecule has 1 aliphatic rings. The number of nitrogens with one attached hydrogen (secondary N) is 1. The van der Waals surface area contributed by atoms with Crippen molar-refractivity contribution < 1.29 is 13.9 Å². The van der Waals surface area contributed by atoms with Crippen LogP contribution in [0.5, 0.6) is 0 Å². The summed E-state index contributed by atoms with van der Waals surface area (Å²) in [5.74, 6) is 0.0865. The van der Waals surface area contributed by atoms with Crippen LogP contribution in [0.2, 0.25) is 5.02 Å². The minimum absolute atomic E-state index is 0.0429. The average Bonchev–Trinajstić information content (AvgIpc) is 3.34. The van der Waals surface area contributed by atoms with Gasteiger partial charge in [0.05, 0.1) is 40.2 Å².